The summed E-state index contributed by atoms with van der Waals surface area (Å²) in [5.41, 5.74) is 1.23. The van der Waals surface area contributed by atoms with Gasteiger partial charge in [0.15, 0.2) is 5.78 Å². The molecule has 0 aromatic heterocycles. The van der Waals surface area contributed by atoms with Crippen molar-refractivity contribution in [2.24, 2.45) is 0 Å². The summed E-state index contributed by atoms with van der Waals surface area (Å²) in [6.07, 6.45) is -6.62. The van der Waals surface area contributed by atoms with E-state index in [0.29, 0.717) is 12.0 Å². The lowest BCUT2D eigenvalue weighted by Crippen LogP contribution is -2.42. The molecule has 0 heterocycles. The minimum absolute atomic E-state index is 0.0745. The highest BCUT2D eigenvalue weighted by Gasteiger charge is 2.39. The third-order valence-corrected chi connectivity index (χ3v) is 5.89. The van der Waals surface area contributed by atoms with Crippen LogP contribution in [-0.4, -0.2) is 43.2 Å². The summed E-state index contributed by atoms with van der Waals surface area (Å²) in [6.45, 7) is 3.96. The Hall–Kier alpha value is -3.21. The second-order valence-corrected chi connectivity index (χ2v) is 9.31. The Kier molecular flexibility index (Phi) is 11.3. The Labute approximate surface area is 222 Å². The molecule has 0 saturated carbocycles. The summed E-state index contributed by atoms with van der Waals surface area (Å²) in [7, 11) is 0. The molecule has 2 atom stereocenters. The zero-order chi connectivity index (χ0) is 29.4. The van der Waals surface area contributed by atoms with E-state index in [1.165, 1.54) is 25.1 Å². The number of rotatable bonds is 12. The van der Waals surface area contributed by atoms with E-state index >= 15 is 0 Å². The van der Waals surface area contributed by atoms with Crippen molar-refractivity contribution in [3.05, 3.63) is 76.1 Å². The molecular weight excluding hydrogens is 529 g/mol. The van der Waals surface area contributed by atoms with Crippen molar-refractivity contribution in [3.63, 3.8) is 0 Å². The summed E-state index contributed by atoms with van der Waals surface area (Å²) in [6, 6.07) is 7.09. The topological polar surface area (TPSA) is 58.2 Å². The maximum atomic E-state index is 14.6. The van der Waals surface area contributed by atoms with Crippen LogP contribution in [0.5, 0.6) is 0 Å². The lowest BCUT2D eigenvalue weighted by molar-refractivity contribution is -0.139. The molecule has 0 spiro atoms. The van der Waals surface area contributed by atoms with E-state index in [1.54, 1.807) is 6.92 Å². The molecule has 4 nitrogen and oxygen atoms in total. The zero-order valence-electron chi connectivity index (χ0n) is 21.8. The van der Waals surface area contributed by atoms with Gasteiger partial charge in [0.2, 0.25) is 0 Å². The minimum Gasteiger partial charge on any atom is -0.345 e. The lowest BCUT2D eigenvalue weighted by atomic mass is 9.92. The second-order valence-electron chi connectivity index (χ2n) is 9.31. The molecule has 0 aliphatic carbocycles. The van der Waals surface area contributed by atoms with Crippen molar-refractivity contribution >= 4 is 17.8 Å². The van der Waals surface area contributed by atoms with Gasteiger partial charge in [0.25, 0.3) is 5.91 Å². The van der Waals surface area contributed by atoms with Gasteiger partial charge in [-0.15, -0.1) is 0 Å². The van der Waals surface area contributed by atoms with Crippen LogP contribution in [-0.2, 0) is 11.2 Å². The van der Waals surface area contributed by atoms with Crippen LogP contribution in [0.4, 0.5) is 30.7 Å². The number of aryl methyl sites for hydroxylation is 2. The number of carbonyl (C=O) groups excluding carboxylic acids is 2. The highest BCUT2D eigenvalue weighted by molar-refractivity contribution is 5.97. The third kappa shape index (κ3) is 10.5. The van der Waals surface area contributed by atoms with Crippen molar-refractivity contribution in [2.75, 3.05) is 13.1 Å². The number of ketones is 1. The fraction of sp³-hybridized carbons (Fsp3) is 0.429. The van der Waals surface area contributed by atoms with Crippen molar-refractivity contribution in [1.82, 2.24) is 10.6 Å². The fourth-order valence-corrected chi connectivity index (χ4v) is 3.90. The number of hydrogen-bond donors (Lipinski definition) is 2. The monoisotopic (exact) mass is 560 g/mol. The standard InChI is InChI=1S/C28H31F7N2O2/c1-4-5-20-12-17(2)13-21(14-20)23(28(33,34)35)9-7-19-6-8-22(24(29)15-19)26(39)37-16-25(38)18(3)36-11-10-27(30,31)32/h6-9,12-15,18,23,36H,4-5,10-11,16H2,1-3H3,(H,37,39)/b9-7+. The Balaban J connectivity index is 2.09. The summed E-state index contributed by atoms with van der Waals surface area (Å²) >= 11 is 0. The van der Waals surface area contributed by atoms with Crippen LogP contribution in [0.1, 0.15) is 65.2 Å². The summed E-state index contributed by atoms with van der Waals surface area (Å²) in [5.74, 6) is -4.49. The van der Waals surface area contributed by atoms with Crippen LogP contribution in [0.3, 0.4) is 0 Å². The molecule has 0 aliphatic rings. The molecule has 214 valence electrons. The lowest BCUT2D eigenvalue weighted by Gasteiger charge is -2.19. The average Bonchev–Trinajstić information content (AvgIpc) is 2.80. The zero-order valence-corrected chi connectivity index (χ0v) is 21.8. The van der Waals surface area contributed by atoms with Crippen molar-refractivity contribution in [3.8, 4) is 0 Å². The van der Waals surface area contributed by atoms with Crippen LogP contribution in [0.2, 0.25) is 0 Å². The Morgan fingerprint density at radius 1 is 1.03 bits per heavy atom. The number of Topliss-reactive ketones (excluding diaryl/α,β-unsaturated/α-hetero) is 1. The molecule has 39 heavy (non-hydrogen) atoms. The minimum atomic E-state index is -4.59. The molecule has 2 aromatic rings. The van der Waals surface area contributed by atoms with Gasteiger partial charge in [-0.1, -0.05) is 55.3 Å². The number of benzene rings is 2. The molecule has 0 radical (unpaired) electrons. The largest absolute Gasteiger partial charge is 0.399 e. The van der Waals surface area contributed by atoms with Crippen LogP contribution in [0.15, 0.2) is 42.5 Å². The van der Waals surface area contributed by atoms with Crippen molar-refractivity contribution in [1.29, 1.82) is 0 Å². The second kappa shape index (κ2) is 13.7. The first-order chi connectivity index (χ1) is 18.1. The SMILES string of the molecule is CCCc1cc(C)cc(C(/C=C/c2ccc(C(=O)NCC(=O)C(C)NCCC(F)(F)F)c(F)c2)C(F)(F)F)c1. The molecular formula is C28H31F7N2O2. The molecule has 1 amide bonds. The molecule has 2 N–H and O–H groups in total. The van der Waals surface area contributed by atoms with Crippen LogP contribution in [0.25, 0.3) is 6.08 Å². The summed E-state index contributed by atoms with van der Waals surface area (Å²) in [4.78, 5) is 24.4. The van der Waals surface area contributed by atoms with Gasteiger partial charge in [-0.2, -0.15) is 26.3 Å². The van der Waals surface area contributed by atoms with Crippen molar-refractivity contribution in [2.45, 2.75) is 64.3 Å². The van der Waals surface area contributed by atoms with Gasteiger partial charge < -0.3 is 10.6 Å². The first-order valence-corrected chi connectivity index (χ1v) is 12.4. The molecule has 0 aliphatic heterocycles. The molecule has 2 rings (SSSR count). The molecule has 0 bridgehead atoms. The van der Waals surface area contributed by atoms with E-state index in [2.05, 4.69) is 10.6 Å². The smallest absolute Gasteiger partial charge is 0.345 e. The van der Waals surface area contributed by atoms with Gasteiger partial charge >= 0.3 is 12.4 Å². The number of nitrogens with one attached hydrogen (secondary N) is 2. The maximum absolute atomic E-state index is 14.6. The van der Waals surface area contributed by atoms with Crippen LogP contribution >= 0.6 is 0 Å². The molecule has 11 heteroatoms. The molecule has 0 saturated heterocycles. The van der Waals surface area contributed by atoms with E-state index in [4.69, 9.17) is 0 Å². The third-order valence-electron chi connectivity index (χ3n) is 5.89. The van der Waals surface area contributed by atoms with Gasteiger partial charge in [-0.3, -0.25) is 9.59 Å². The summed E-state index contributed by atoms with van der Waals surface area (Å²) in [5, 5.41) is 4.60. The highest BCUT2D eigenvalue weighted by atomic mass is 19.4. The van der Waals surface area contributed by atoms with E-state index in [-0.39, 0.29) is 11.1 Å². The van der Waals surface area contributed by atoms with Gasteiger partial charge in [0.1, 0.15) is 5.82 Å². The van der Waals surface area contributed by atoms with Gasteiger partial charge in [-0.25, -0.2) is 4.39 Å². The number of halogens is 7. The van der Waals surface area contributed by atoms with E-state index in [1.807, 2.05) is 13.0 Å². The average molecular weight is 561 g/mol. The van der Waals surface area contributed by atoms with Crippen molar-refractivity contribution < 1.29 is 40.3 Å². The van der Waals surface area contributed by atoms with Gasteiger partial charge in [-0.05, 0) is 49.1 Å². The van der Waals surface area contributed by atoms with Gasteiger partial charge in [0.05, 0.1) is 30.5 Å². The molecule has 2 unspecified atom stereocenters. The normalized spacial score (nSPS) is 13.9. The Bertz CT molecular complexity index is 1170. The fourth-order valence-electron chi connectivity index (χ4n) is 3.90. The molecule has 2 aromatic carbocycles. The first kappa shape index (κ1) is 32.0. The number of hydrogen-bond acceptors (Lipinski definition) is 3. The number of carbonyl (C=O) groups is 2. The van der Waals surface area contributed by atoms with Crippen LogP contribution < -0.4 is 10.6 Å². The molecule has 0 fully saturated rings. The summed E-state index contributed by atoms with van der Waals surface area (Å²) < 4.78 is 92.9. The number of allylic oxidation sites excluding steroid dienone is 1. The Morgan fingerprint density at radius 3 is 2.31 bits per heavy atom. The van der Waals surface area contributed by atoms with E-state index in [0.717, 1.165) is 36.3 Å². The van der Waals surface area contributed by atoms with E-state index in [9.17, 15) is 40.3 Å². The highest BCUT2D eigenvalue weighted by Crippen LogP contribution is 2.37. The predicted octanol–water partition coefficient (Wildman–Crippen LogP) is 6.68. The number of alkyl halides is 6. The maximum Gasteiger partial charge on any atom is 0.399 e. The number of amides is 1. The quantitative estimate of drug-likeness (QED) is 0.285. The Morgan fingerprint density at radius 2 is 1.72 bits per heavy atom. The predicted molar refractivity (Wildman–Crippen MR) is 135 cm³/mol. The van der Waals surface area contributed by atoms with Gasteiger partial charge in [0, 0.05) is 6.54 Å². The first-order valence-electron chi connectivity index (χ1n) is 12.4. The van der Waals surface area contributed by atoms with E-state index < -0.39 is 66.9 Å². The van der Waals surface area contributed by atoms with Crippen LogP contribution in [0, 0.1) is 12.7 Å².